The Kier molecular flexibility index (Phi) is 5.53. The Balaban J connectivity index is 2.05. The largest absolute Gasteiger partial charge is 0.477 e. The molecule has 2 aromatic rings. The summed E-state index contributed by atoms with van der Waals surface area (Å²) < 4.78 is 18.3. The molecule has 0 radical (unpaired) electrons. The lowest BCUT2D eigenvalue weighted by atomic mass is 10.3. The van der Waals surface area contributed by atoms with E-state index in [-0.39, 0.29) is 5.75 Å². The molecule has 1 N–H and O–H groups in total. The van der Waals surface area contributed by atoms with Gasteiger partial charge in [-0.05, 0) is 24.5 Å². The van der Waals surface area contributed by atoms with Crippen LogP contribution in [0.4, 0.5) is 15.8 Å². The molecule has 120 valence electrons. The topological polar surface area (TPSA) is 81.5 Å². The summed E-state index contributed by atoms with van der Waals surface area (Å²) in [5, 5.41) is 13.5. The molecule has 0 aliphatic rings. The van der Waals surface area contributed by atoms with Gasteiger partial charge in [-0.2, -0.15) is 0 Å². The number of hydrogen-bond acceptors (Lipinski definition) is 5. The molecule has 0 heterocycles. The molecule has 0 aliphatic heterocycles. The second-order valence-corrected chi connectivity index (χ2v) is 5.25. The summed E-state index contributed by atoms with van der Waals surface area (Å²) in [6.07, 6.45) is 1.87. The van der Waals surface area contributed by atoms with Crippen molar-refractivity contribution in [2.45, 2.75) is 4.90 Å². The fraction of sp³-hybridized carbons (Fsp3) is 0.133. The van der Waals surface area contributed by atoms with Gasteiger partial charge in [-0.1, -0.05) is 12.1 Å². The molecule has 2 rings (SSSR count). The summed E-state index contributed by atoms with van der Waals surface area (Å²) in [5.74, 6) is -1.47. The maximum Gasteiger partial charge on any atom is 0.311 e. The molecule has 1 amide bonds. The number of amides is 1. The molecule has 2 aromatic carbocycles. The van der Waals surface area contributed by atoms with Crippen LogP contribution in [0, 0.1) is 15.9 Å². The highest BCUT2D eigenvalue weighted by molar-refractivity contribution is 7.98. The summed E-state index contributed by atoms with van der Waals surface area (Å²) >= 11 is 1.47. The number of nitro groups is 1. The number of benzene rings is 2. The standard InChI is InChI=1S/C15H13FN2O4S/c1-23-14-5-3-2-4-11(14)17-15(19)9-22-13-8-10(16)6-7-12(13)18(20)21/h2-8H,9H2,1H3,(H,17,19). The van der Waals surface area contributed by atoms with E-state index in [4.69, 9.17) is 4.74 Å². The molecule has 0 saturated heterocycles. The first-order valence-electron chi connectivity index (χ1n) is 6.51. The first-order valence-corrected chi connectivity index (χ1v) is 7.73. The van der Waals surface area contributed by atoms with Crippen LogP contribution >= 0.6 is 11.8 Å². The highest BCUT2D eigenvalue weighted by Gasteiger charge is 2.17. The minimum absolute atomic E-state index is 0.289. The predicted molar refractivity (Wildman–Crippen MR) is 85.4 cm³/mol. The third-order valence-electron chi connectivity index (χ3n) is 2.86. The van der Waals surface area contributed by atoms with Gasteiger partial charge in [-0.3, -0.25) is 14.9 Å². The number of para-hydroxylation sites is 1. The van der Waals surface area contributed by atoms with Crippen molar-refractivity contribution in [3.63, 3.8) is 0 Å². The number of anilines is 1. The van der Waals surface area contributed by atoms with E-state index in [9.17, 15) is 19.3 Å². The molecule has 8 heteroatoms. The second-order valence-electron chi connectivity index (χ2n) is 4.41. The maximum atomic E-state index is 13.2. The summed E-state index contributed by atoms with van der Waals surface area (Å²) in [7, 11) is 0. The Morgan fingerprint density at radius 1 is 1.35 bits per heavy atom. The van der Waals surface area contributed by atoms with Crippen molar-refractivity contribution in [3.05, 3.63) is 58.4 Å². The van der Waals surface area contributed by atoms with Gasteiger partial charge in [0.25, 0.3) is 5.91 Å². The lowest BCUT2D eigenvalue weighted by Crippen LogP contribution is -2.20. The smallest absolute Gasteiger partial charge is 0.311 e. The molecule has 0 atom stereocenters. The first kappa shape index (κ1) is 16.8. The number of ether oxygens (including phenoxy) is 1. The maximum absolute atomic E-state index is 13.2. The van der Waals surface area contributed by atoms with Crippen molar-refractivity contribution < 1.29 is 18.8 Å². The fourth-order valence-corrected chi connectivity index (χ4v) is 2.39. The number of carbonyl (C=O) groups excluding carboxylic acids is 1. The van der Waals surface area contributed by atoms with Crippen molar-refractivity contribution in [3.8, 4) is 5.75 Å². The molecule has 0 aromatic heterocycles. The number of thioether (sulfide) groups is 1. The van der Waals surface area contributed by atoms with Crippen molar-refractivity contribution in [1.82, 2.24) is 0 Å². The van der Waals surface area contributed by atoms with Crippen LogP contribution < -0.4 is 10.1 Å². The quantitative estimate of drug-likeness (QED) is 0.496. The van der Waals surface area contributed by atoms with Crippen molar-refractivity contribution in [2.75, 3.05) is 18.2 Å². The van der Waals surface area contributed by atoms with E-state index < -0.39 is 28.9 Å². The Hall–Kier alpha value is -2.61. The lowest BCUT2D eigenvalue weighted by molar-refractivity contribution is -0.385. The highest BCUT2D eigenvalue weighted by Crippen LogP contribution is 2.28. The SMILES string of the molecule is CSc1ccccc1NC(=O)COc1cc(F)ccc1[N+](=O)[O-]. The van der Waals surface area contributed by atoms with E-state index in [1.807, 2.05) is 18.4 Å². The highest BCUT2D eigenvalue weighted by atomic mass is 32.2. The summed E-state index contributed by atoms with van der Waals surface area (Å²) in [6, 6.07) is 10.0. The molecule has 0 unspecified atom stereocenters. The zero-order valence-corrected chi connectivity index (χ0v) is 12.9. The average Bonchev–Trinajstić information content (AvgIpc) is 2.53. The number of halogens is 1. The zero-order valence-electron chi connectivity index (χ0n) is 12.1. The van der Waals surface area contributed by atoms with Gasteiger partial charge in [-0.15, -0.1) is 11.8 Å². The lowest BCUT2D eigenvalue weighted by Gasteiger charge is -2.10. The van der Waals surface area contributed by atoms with Crippen molar-refractivity contribution in [1.29, 1.82) is 0 Å². The molecule has 0 spiro atoms. The average molecular weight is 336 g/mol. The van der Waals surface area contributed by atoms with Gasteiger partial charge in [0.05, 0.1) is 10.6 Å². The molecule has 0 saturated carbocycles. The monoisotopic (exact) mass is 336 g/mol. The van der Waals surface area contributed by atoms with Crippen LogP contribution in [0.25, 0.3) is 0 Å². The molecular weight excluding hydrogens is 323 g/mol. The van der Waals surface area contributed by atoms with Crippen LogP contribution in [0.2, 0.25) is 0 Å². The van der Waals surface area contributed by atoms with E-state index >= 15 is 0 Å². The number of nitrogens with one attached hydrogen (secondary N) is 1. The van der Waals surface area contributed by atoms with E-state index in [0.717, 1.165) is 23.1 Å². The summed E-state index contributed by atoms with van der Waals surface area (Å²) in [5.41, 5.74) is 0.214. The van der Waals surface area contributed by atoms with Gasteiger partial charge < -0.3 is 10.1 Å². The summed E-state index contributed by atoms with van der Waals surface area (Å²) in [6.45, 7) is -0.465. The minimum Gasteiger partial charge on any atom is -0.477 e. The van der Waals surface area contributed by atoms with Crippen molar-refractivity contribution >= 4 is 29.0 Å². The minimum atomic E-state index is -0.699. The fourth-order valence-electron chi connectivity index (χ4n) is 1.83. The third-order valence-corrected chi connectivity index (χ3v) is 3.65. The zero-order chi connectivity index (χ0) is 16.8. The number of nitro benzene ring substituents is 1. The van der Waals surface area contributed by atoms with Gasteiger partial charge in [0.15, 0.2) is 6.61 Å². The Morgan fingerprint density at radius 3 is 2.78 bits per heavy atom. The normalized spacial score (nSPS) is 10.2. The van der Waals surface area contributed by atoms with Crippen LogP contribution in [-0.2, 0) is 4.79 Å². The van der Waals surface area contributed by atoms with Crippen LogP contribution in [0.15, 0.2) is 47.4 Å². The Bertz CT molecular complexity index is 739. The van der Waals surface area contributed by atoms with Crippen LogP contribution in [0.3, 0.4) is 0 Å². The van der Waals surface area contributed by atoms with Gasteiger partial charge in [0.2, 0.25) is 5.75 Å². The van der Waals surface area contributed by atoms with Gasteiger partial charge in [0.1, 0.15) is 5.82 Å². The Labute approximate surface area is 135 Å². The third kappa shape index (κ3) is 4.43. The van der Waals surface area contributed by atoms with E-state index in [0.29, 0.717) is 5.69 Å². The van der Waals surface area contributed by atoms with Gasteiger partial charge in [-0.25, -0.2) is 4.39 Å². The molecule has 6 nitrogen and oxygen atoms in total. The Morgan fingerprint density at radius 2 is 2.09 bits per heavy atom. The summed E-state index contributed by atoms with van der Waals surface area (Å²) in [4.78, 5) is 22.9. The molecule has 0 aliphatic carbocycles. The van der Waals surface area contributed by atoms with Crippen LogP contribution in [0.5, 0.6) is 5.75 Å². The number of rotatable bonds is 6. The first-order chi connectivity index (χ1) is 11.0. The van der Waals surface area contributed by atoms with Gasteiger partial charge >= 0.3 is 5.69 Å². The van der Waals surface area contributed by atoms with E-state index in [1.54, 1.807) is 12.1 Å². The molecule has 0 bridgehead atoms. The number of carbonyl (C=O) groups is 1. The van der Waals surface area contributed by atoms with Crippen molar-refractivity contribution in [2.24, 2.45) is 0 Å². The molecule has 0 fully saturated rings. The van der Waals surface area contributed by atoms with E-state index in [1.165, 1.54) is 11.8 Å². The predicted octanol–water partition coefficient (Wildman–Crippen LogP) is 3.47. The number of hydrogen-bond donors (Lipinski definition) is 1. The second kappa shape index (κ2) is 7.59. The molecule has 23 heavy (non-hydrogen) atoms. The van der Waals surface area contributed by atoms with E-state index in [2.05, 4.69) is 5.32 Å². The van der Waals surface area contributed by atoms with Gasteiger partial charge in [0, 0.05) is 17.0 Å². The number of nitrogens with zero attached hydrogens (tertiary/aromatic N) is 1. The van der Waals surface area contributed by atoms with Crippen LogP contribution in [-0.4, -0.2) is 23.7 Å². The molecular formula is C15H13FN2O4S. The van der Waals surface area contributed by atoms with Crippen LogP contribution in [0.1, 0.15) is 0 Å².